The van der Waals surface area contributed by atoms with Gasteiger partial charge in [0.15, 0.2) is 0 Å². The molecule has 7 nitrogen and oxygen atoms in total. The summed E-state index contributed by atoms with van der Waals surface area (Å²) in [5.74, 6) is 0.518. The van der Waals surface area contributed by atoms with Gasteiger partial charge >= 0.3 is 0 Å². The number of ether oxygens (including phenoxy) is 1. The van der Waals surface area contributed by atoms with Crippen LogP contribution >= 0.6 is 0 Å². The van der Waals surface area contributed by atoms with Crippen LogP contribution in [0.2, 0.25) is 0 Å². The number of hydrogen-bond donors (Lipinski definition) is 1. The van der Waals surface area contributed by atoms with Gasteiger partial charge < -0.3 is 10.1 Å². The molecule has 0 unspecified atom stereocenters. The molecule has 0 saturated heterocycles. The molecule has 0 aliphatic carbocycles. The number of aryl methyl sites for hydroxylation is 1. The van der Waals surface area contributed by atoms with Crippen LogP contribution in [0.15, 0.2) is 55.0 Å². The van der Waals surface area contributed by atoms with Crippen molar-refractivity contribution in [1.29, 1.82) is 0 Å². The lowest BCUT2D eigenvalue weighted by atomic mass is 10.0. The molecule has 1 amide bonds. The molecule has 0 radical (unpaired) electrons. The average molecular weight is 401 g/mol. The van der Waals surface area contributed by atoms with Crippen molar-refractivity contribution in [2.45, 2.75) is 19.8 Å². The van der Waals surface area contributed by atoms with Crippen LogP contribution in [0.4, 0.5) is 5.69 Å². The molecule has 0 aliphatic heterocycles. The van der Waals surface area contributed by atoms with Gasteiger partial charge in [-0.05, 0) is 30.7 Å². The number of methoxy groups -OCH3 is 1. The van der Waals surface area contributed by atoms with Crippen molar-refractivity contribution in [1.82, 2.24) is 19.7 Å². The molecule has 1 N–H and O–H groups in total. The Morgan fingerprint density at radius 3 is 2.73 bits per heavy atom. The molecule has 4 aromatic rings. The quantitative estimate of drug-likeness (QED) is 0.516. The van der Waals surface area contributed by atoms with E-state index in [1.165, 1.54) is 0 Å². The Bertz CT molecular complexity index is 1200. The van der Waals surface area contributed by atoms with Crippen molar-refractivity contribution in [2.75, 3.05) is 12.4 Å². The SMILES string of the molecule is CCCC(=O)Nc1cc2c(-c3ccccn3)cc(-c3cnn(C)c3)nc2cc1OC. The molecule has 0 aliphatic rings. The van der Waals surface area contributed by atoms with Crippen LogP contribution in [0, 0.1) is 0 Å². The van der Waals surface area contributed by atoms with Crippen molar-refractivity contribution < 1.29 is 9.53 Å². The molecule has 0 atom stereocenters. The van der Waals surface area contributed by atoms with Crippen LogP contribution < -0.4 is 10.1 Å². The van der Waals surface area contributed by atoms with Crippen molar-refractivity contribution >= 4 is 22.5 Å². The molecule has 0 fully saturated rings. The van der Waals surface area contributed by atoms with E-state index in [9.17, 15) is 4.79 Å². The van der Waals surface area contributed by atoms with E-state index in [4.69, 9.17) is 9.72 Å². The van der Waals surface area contributed by atoms with Gasteiger partial charge in [-0.2, -0.15) is 5.10 Å². The van der Waals surface area contributed by atoms with Crippen LogP contribution in [0.25, 0.3) is 33.4 Å². The zero-order valence-electron chi connectivity index (χ0n) is 17.2. The molecule has 152 valence electrons. The van der Waals surface area contributed by atoms with Gasteiger partial charge in [0.2, 0.25) is 5.91 Å². The Kier molecular flexibility index (Phi) is 5.43. The highest BCUT2D eigenvalue weighted by atomic mass is 16.5. The molecular formula is C23H23N5O2. The second-order valence-electron chi connectivity index (χ2n) is 7.04. The topological polar surface area (TPSA) is 81.9 Å². The van der Waals surface area contributed by atoms with Gasteiger partial charge in [0.1, 0.15) is 5.75 Å². The summed E-state index contributed by atoms with van der Waals surface area (Å²) in [6, 6.07) is 11.6. The third-order valence-corrected chi connectivity index (χ3v) is 4.82. The molecular weight excluding hydrogens is 378 g/mol. The fourth-order valence-electron chi connectivity index (χ4n) is 3.40. The number of nitrogens with zero attached hydrogens (tertiary/aromatic N) is 4. The number of carbonyl (C=O) groups is 1. The normalized spacial score (nSPS) is 10.9. The number of anilines is 1. The second-order valence-corrected chi connectivity index (χ2v) is 7.04. The molecule has 4 rings (SSSR count). The van der Waals surface area contributed by atoms with Gasteiger partial charge in [0.25, 0.3) is 0 Å². The summed E-state index contributed by atoms with van der Waals surface area (Å²) in [4.78, 5) is 21.6. The summed E-state index contributed by atoms with van der Waals surface area (Å²) >= 11 is 0. The number of carbonyl (C=O) groups excluding carboxylic acids is 1. The third kappa shape index (κ3) is 3.87. The minimum Gasteiger partial charge on any atom is -0.494 e. The van der Waals surface area contributed by atoms with Crippen molar-refractivity contribution in [3.8, 4) is 28.3 Å². The summed E-state index contributed by atoms with van der Waals surface area (Å²) in [7, 11) is 3.46. The highest BCUT2D eigenvalue weighted by Gasteiger charge is 2.16. The summed E-state index contributed by atoms with van der Waals surface area (Å²) < 4.78 is 7.29. The fraction of sp³-hybridized carbons (Fsp3) is 0.217. The van der Waals surface area contributed by atoms with E-state index >= 15 is 0 Å². The van der Waals surface area contributed by atoms with Crippen molar-refractivity contribution in [3.63, 3.8) is 0 Å². The molecule has 0 spiro atoms. The first-order valence-electron chi connectivity index (χ1n) is 9.82. The van der Waals surface area contributed by atoms with Gasteiger partial charge in [-0.15, -0.1) is 0 Å². The molecule has 3 aromatic heterocycles. The molecule has 7 heteroatoms. The molecule has 30 heavy (non-hydrogen) atoms. The van der Waals surface area contributed by atoms with Gasteiger partial charge in [-0.1, -0.05) is 13.0 Å². The highest BCUT2D eigenvalue weighted by molar-refractivity contribution is 6.02. The predicted molar refractivity (Wildman–Crippen MR) is 117 cm³/mol. The van der Waals surface area contributed by atoms with Gasteiger partial charge in [-0.3, -0.25) is 14.5 Å². The zero-order valence-corrected chi connectivity index (χ0v) is 17.2. The first-order chi connectivity index (χ1) is 14.6. The van der Waals surface area contributed by atoms with Crippen LogP contribution in [-0.4, -0.2) is 32.8 Å². The first-order valence-corrected chi connectivity index (χ1v) is 9.82. The van der Waals surface area contributed by atoms with Crippen molar-refractivity contribution in [3.05, 3.63) is 55.0 Å². The standard InChI is InChI=1S/C23H23N5O2/c1-4-7-23(29)27-21-11-17-16(18-8-5-6-9-24-18)10-19(15-13-25-28(2)14-15)26-20(17)12-22(21)30-3/h5-6,8-14H,4,7H2,1-3H3,(H,27,29). The monoisotopic (exact) mass is 401 g/mol. The number of rotatable bonds is 6. The largest absolute Gasteiger partial charge is 0.494 e. The van der Waals surface area contributed by atoms with E-state index in [-0.39, 0.29) is 5.91 Å². The van der Waals surface area contributed by atoms with E-state index in [1.54, 1.807) is 24.2 Å². The third-order valence-electron chi connectivity index (χ3n) is 4.82. The lowest BCUT2D eigenvalue weighted by Crippen LogP contribution is -2.11. The van der Waals surface area contributed by atoms with Crippen LogP contribution in [0.1, 0.15) is 19.8 Å². The predicted octanol–water partition coefficient (Wildman–Crippen LogP) is 4.44. The second kappa shape index (κ2) is 8.32. The number of amides is 1. The lowest BCUT2D eigenvalue weighted by Gasteiger charge is -2.14. The van der Waals surface area contributed by atoms with Crippen molar-refractivity contribution in [2.24, 2.45) is 7.05 Å². The molecule has 1 aromatic carbocycles. The van der Waals surface area contributed by atoms with E-state index in [2.05, 4.69) is 15.4 Å². The fourth-order valence-corrected chi connectivity index (χ4v) is 3.40. The molecule has 3 heterocycles. The van der Waals surface area contributed by atoms with E-state index in [1.807, 2.05) is 56.6 Å². The number of fused-ring (bicyclic) bond motifs is 1. The van der Waals surface area contributed by atoms with E-state index in [0.717, 1.165) is 39.8 Å². The lowest BCUT2D eigenvalue weighted by molar-refractivity contribution is -0.116. The Morgan fingerprint density at radius 1 is 1.20 bits per heavy atom. The molecule has 0 saturated carbocycles. The average Bonchev–Trinajstić information content (AvgIpc) is 3.19. The highest BCUT2D eigenvalue weighted by Crippen LogP contribution is 2.36. The number of hydrogen-bond acceptors (Lipinski definition) is 5. The number of benzene rings is 1. The first kappa shape index (κ1) is 19.6. The van der Waals surface area contributed by atoms with E-state index < -0.39 is 0 Å². The Morgan fingerprint density at radius 2 is 2.07 bits per heavy atom. The van der Waals surface area contributed by atoms with Gasteiger partial charge in [0, 0.05) is 48.4 Å². The maximum absolute atomic E-state index is 12.2. The number of aromatic nitrogens is 4. The Labute approximate surface area is 174 Å². The summed E-state index contributed by atoms with van der Waals surface area (Å²) in [6.07, 6.45) is 6.70. The Balaban J connectivity index is 1.94. The van der Waals surface area contributed by atoms with Crippen LogP contribution in [0.3, 0.4) is 0 Å². The minimum atomic E-state index is -0.0468. The van der Waals surface area contributed by atoms with Gasteiger partial charge in [-0.25, -0.2) is 4.98 Å². The van der Waals surface area contributed by atoms with Crippen LogP contribution in [-0.2, 0) is 11.8 Å². The van der Waals surface area contributed by atoms with Crippen LogP contribution in [0.5, 0.6) is 5.75 Å². The number of nitrogens with one attached hydrogen (secondary N) is 1. The van der Waals surface area contributed by atoms with Gasteiger partial charge in [0.05, 0.1) is 35.9 Å². The minimum absolute atomic E-state index is 0.0468. The zero-order chi connectivity index (χ0) is 21.1. The van der Waals surface area contributed by atoms with E-state index in [0.29, 0.717) is 17.9 Å². The molecule has 0 bridgehead atoms. The maximum atomic E-state index is 12.2. The summed E-state index contributed by atoms with van der Waals surface area (Å²) in [6.45, 7) is 1.97. The Hall–Kier alpha value is -3.74. The smallest absolute Gasteiger partial charge is 0.224 e. The summed E-state index contributed by atoms with van der Waals surface area (Å²) in [5.41, 5.74) is 4.83. The number of pyridine rings is 2. The maximum Gasteiger partial charge on any atom is 0.224 e. The summed E-state index contributed by atoms with van der Waals surface area (Å²) in [5, 5.41) is 8.10.